The van der Waals surface area contributed by atoms with Crippen molar-refractivity contribution in [3.8, 4) is 11.1 Å². The van der Waals surface area contributed by atoms with Crippen LogP contribution in [0.5, 0.6) is 0 Å². The second-order valence-corrected chi connectivity index (χ2v) is 3.69. The number of hydrogen-bond donors (Lipinski definition) is 2. The molecule has 82 valence electrons. The summed E-state index contributed by atoms with van der Waals surface area (Å²) in [5.74, 6) is 5.16. The molecule has 2 rings (SSSR count). The number of aryl methyl sites for hydroxylation is 1. The van der Waals surface area contributed by atoms with Crippen molar-refractivity contribution >= 4 is 5.69 Å². The maximum atomic E-state index is 13.1. The highest BCUT2D eigenvalue weighted by Gasteiger charge is 2.02. The van der Waals surface area contributed by atoms with E-state index in [2.05, 4.69) is 5.43 Å². The van der Waals surface area contributed by atoms with Gasteiger partial charge in [0.25, 0.3) is 0 Å². The van der Waals surface area contributed by atoms with Gasteiger partial charge >= 0.3 is 0 Å². The number of nitrogen functional groups attached to an aromatic ring is 1. The summed E-state index contributed by atoms with van der Waals surface area (Å²) in [6.07, 6.45) is 0. The molecule has 0 bridgehead atoms. The summed E-state index contributed by atoms with van der Waals surface area (Å²) in [6, 6.07) is 12.7. The predicted molar refractivity (Wildman–Crippen MR) is 64.4 cm³/mol. The van der Waals surface area contributed by atoms with Gasteiger partial charge in [0.1, 0.15) is 5.82 Å². The Kier molecular flexibility index (Phi) is 2.88. The van der Waals surface area contributed by atoms with Crippen molar-refractivity contribution in [1.29, 1.82) is 0 Å². The Hall–Kier alpha value is -1.87. The van der Waals surface area contributed by atoms with Crippen LogP contribution >= 0.6 is 0 Å². The van der Waals surface area contributed by atoms with E-state index in [9.17, 15) is 4.39 Å². The quantitative estimate of drug-likeness (QED) is 0.598. The lowest BCUT2D eigenvalue weighted by Gasteiger charge is -2.06. The Morgan fingerprint density at radius 3 is 2.50 bits per heavy atom. The van der Waals surface area contributed by atoms with Gasteiger partial charge in [-0.1, -0.05) is 18.2 Å². The van der Waals surface area contributed by atoms with Crippen LogP contribution in [-0.4, -0.2) is 0 Å². The Morgan fingerprint density at radius 1 is 1.06 bits per heavy atom. The van der Waals surface area contributed by atoms with E-state index in [4.69, 9.17) is 5.84 Å². The van der Waals surface area contributed by atoms with Crippen LogP contribution in [-0.2, 0) is 0 Å². The minimum absolute atomic E-state index is 0.183. The van der Waals surface area contributed by atoms with Crippen LogP contribution in [0.2, 0.25) is 0 Å². The number of anilines is 1. The van der Waals surface area contributed by atoms with Crippen molar-refractivity contribution in [2.45, 2.75) is 6.92 Å². The number of nitrogens with two attached hydrogens (primary N) is 1. The molecule has 0 atom stereocenters. The predicted octanol–water partition coefficient (Wildman–Crippen LogP) is 3.09. The van der Waals surface area contributed by atoms with E-state index < -0.39 is 0 Å². The fraction of sp³-hybridized carbons (Fsp3) is 0.0769. The van der Waals surface area contributed by atoms with Gasteiger partial charge in [-0.3, -0.25) is 5.84 Å². The number of rotatable bonds is 2. The zero-order chi connectivity index (χ0) is 11.5. The van der Waals surface area contributed by atoms with Crippen LogP contribution in [0.15, 0.2) is 42.5 Å². The highest BCUT2D eigenvalue weighted by molar-refractivity contribution is 5.68. The average molecular weight is 216 g/mol. The largest absolute Gasteiger partial charge is 0.324 e. The Morgan fingerprint density at radius 2 is 1.81 bits per heavy atom. The smallest absolute Gasteiger partial charge is 0.126 e. The van der Waals surface area contributed by atoms with Crippen LogP contribution in [0.1, 0.15) is 5.56 Å². The van der Waals surface area contributed by atoms with E-state index in [1.807, 2.05) is 30.3 Å². The third-order valence-corrected chi connectivity index (χ3v) is 2.52. The van der Waals surface area contributed by atoms with Crippen LogP contribution in [0.25, 0.3) is 11.1 Å². The molecule has 16 heavy (non-hydrogen) atoms. The molecular weight excluding hydrogens is 203 g/mol. The molecule has 0 radical (unpaired) electrons. The van der Waals surface area contributed by atoms with E-state index >= 15 is 0 Å². The number of hydrazine groups is 1. The van der Waals surface area contributed by atoms with Gasteiger partial charge in [-0.2, -0.15) is 0 Å². The van der Waals surface area contributed by atoms with Crippen molar-refractivity contribution in [1.82, 2.24) is 0 Å². The van der Waals surface area contributed by atoms with Gasteiger partial charge in [-0.05, 0) is 47.9 Å². The average Bonchev–Trinajstić information content (AvgIpc) is 2.33. The van der Waals surface area contributed by atoms with Crippen molar-refractivity contribution in [3.63, 3.8) is 0 Å². The van der Waals surface area contributed by atoms with E-state index in [0.29, 0.717) is 5.56 Å². The summed E-state index contributed by atoms with van der Waals surface area (Å²) in [5, 5.41) is 0. The van der Waals surface area contributed by atoms with Gasteiger partial charge in [0, 0.05) is 5.69 Å². The molecule has 0 aliphatic carbocycles. The molecule has 0 aliphatic heterocycles. The van der Waals surface area contributed by atoms with Crippen LogP contribution in [0.3, 0.4) is 0 Å². The zero-order valence-electron chi connectivity index (χ0n) is 9.00. The normalized spacial score (nSPS) is 10.2. The number of benzene rings is 2. The molecule has 0 aliphatic rings. The molecule has 0 saturated heterocycles. The SMILES string of the molecule is Cc1cc(-c2cccc(NN)c2)ccc1F. The molecule has 3 N–H and O–H groups in total. The third-order valence-electron chi connectivity index (χ3n) is 2.52. The molecule has 3 heteroatoms. The molecule has 2 nitrogen and oxygen atoms in total. The van der Waals surface area contributed by atoms with Crippen LogP contribution in [0, 0.1) is 12.7 Å². The summed E-state index contributed by atoms with van der Waals surface area (Å²) in [7, 11) is 0. The summed E-state index contributed by atoms with van der Waals surface area (Å²) in [6.45, 7) is 1.75. The first-order valence-electron chi connectivity index (χ1n) is 5.04. The number of nitrogens with one attached hydrogen (secondary N) is 1. The first-order valence-corrected chi connectivity index (χ1v) is 5.04. The van der Waals surface area contributed by atoms with Crippen molar-refractivity contribution in [3.05, 3.63) is 53.8 Å². The van der Waals surface area contributed by atoms with Crippen molar-refractivity contribution in [2.24, 2.45) is 5.84 Å². The summed E-state index contributed by atoms with van der Waals surface area (Å²) >= 11 is 0. The molecule has 0 unspecified atom stereocenters. The maximum absolute atomic E-state index is 13.1. The molecule has 0 spiro atoms. The van der Waals surface area contributed by atoms with Crippen LogP contribution < -0.4 is 11.3 Å². The first-order chi connectivity index (χ1) is 7.70. The molecule has 2 aromatic carbocycles. The molecule has 2 aromatic rings. The van der Waals surface area contributed by atoms with E-state index in [-0.39, 0.29) is 5.82 Å². The van der Waals surface area contributed by atoms with Gasteiger partial charge in [-0.25, -0.2) is 4.39 Å². The third kappa shape index (κ3) is 2.04. The number of halogens is 1. The Labute approximate surface area is 93.9 Å². The fourth-order valence-corrected chi connectivity index (χ4v) is 1.61. The molecule has 0 amide bonds. The van der Waals surface area contributed by atoms with E-state index in [0.717, 1.165) is 16.8 Å². The summed E-state index contributed by atoms with van der Waals surface area (Å²) < 4.78 is 13.1. The molecule has 0 aromatic heterocycles. The lowest BCUT2D eigenvalue weighted by atomic mass is 10.0. The zero-order valence-corrected chi connectivity index (χ0v) is 9.00. The van der Waals surface area contributed by atoms with Gasteiger partial charge in [-0.15, -0.1) is 0 Å². The highest BCUT2D eigenvalue weighted by atomic mass is 19.1. The first kappa shape index (κ1) is 10.6. The minimum atomic E-state index is -0.183. The van der Waals surface area contributed by atoms with Gasteiger partial charge < -0.3 is 5.43 Å². The van der Waals surface area contributed by atoms with Crippen LogP contribution in [0.4, 0.5) is 10.1 Å². The molecule has 0 fully saturated rings. The van der Waals surface area contributed by atoms with Crippen molar-refractivity contribution in [2.75, 3.05) is 5.43 Å². The summed E-state index contributed by atoms with van der Waals surface area (Å²) in [4.78, 5) is 0. The second-order valence-electron chi connectivity index (χ2n) is 3.69. The number of hydrogen-bond acceptors (Lipinski definition) is 2. The van der Waals surface area contributed by atoms with E-state index in [1.165, 1.54) is 6.07 Å². The topological polar surface area (TPSA) is 38.0 Å². The highest BCUT2D eigenvalue weighted by Crippen LogP contribution is 2.24. The van der Waals surface area contributed by atoms with E-state index in [1.54, 1.807) is 13.0 Å². The van der Waals surface area contributed by atoms with Gasteiger partial charge in [0.15, 0.2) is 0 Å². The minimum Gasteiger partial charge on any atom is -0.324 e. The molecule has 0 heterocycles. The fourth-order valence-electron chi connectivity index (χ4n) is 1.61. The lowest BCUT2D eigenvalue weighted by Crippen LogP contribution is -2.06. The Bertz CT molecular complexity index is 509. The van der Waals surface area contributed by atoms with Gasteiger partial charge in [0.05, 0.1) is 0 Å². The van der Waals surface area contributed by atoms with Crippen molar-refractivity contribution < 1.29 is 4.39 Å². The molecule has 0 saturated carbocycles. The maximum Gasteiger partial charge on any atom is 0.126 e. The molecular formula is C13H13FN2. The Balaban J connectivity index is 2.46. The standard InChI is InChI=1S/C13H13FN2/c1-9-7-11(5-6-13(9)14)10-3-2-4-12(8-10)16-15/h2-8,16H,15H2,1H3. The van der Waals surface area contributed by atoms with Gasteiger partial charge in [0.2, 0.25) is 0 Å². The summed E-state index contributed by atoms with van der Waals surface area (Å²) in [5.41, 5.74) is 6.06. The monoisotopic (exact) mass is 216 g/mol. The lowest BCUT2D eigenvalue weighted by molar-refractivity contribution is 0.619. The second kappa shape index (κ2) is 4.33.